The molecule has 182 valence electrons. The smallest absolute Gasteiger partial charge is 0.282 e. The molecule has 0 bridgehead atoms. The molecule has 10 heteroatoms. The molecule has 4 aromatic carbocycles. The van der Waals surface area contributed by atoms with Crippen LogP contribution in [0.1, 0.15) is 11.1 Å². The highest BCUT2D eigenvalue weighted by atomic mass is 32.2. The molecule has 0 aliphatic heterocycles. The van der Waals surface area contributed by atoms with Crippen molar-refractivity contribution in [3.63, 3.8) is 0 Å². The molecule has 0 aliphatic carbocycles. The minimum Gasteiger partial charge on any atom is -0.282 e. The molecule has 6 rings (SSSR count). The first-order valence-electron chi connectivity index (χ1n) is 10.7. The lowest BCUT2D eigenvalue weighted by molar-refractivity contribution is -0.137. The first-order chi connectivity index (χ1) is 16.9. The SMILES string of the molecule is Cc1ccc(S(=O)(=O)O)cc1.O=c1c2cccc3cccc(c32)c2nc3cc(C(F)(F)F)ccc3n12. The molecular formula is C26H17F3N2O4S. The molecule has 0 aliphatic rings. The summed E-state index contributed by atoms with van der Waals surface area (Å²) in [4.78, 5) is 17.2. The quantitative estimate of drug-likeness (QED) is 0.280. The number of alkyl halides is 3. The molecule has 0 unspecified atom stereocenters. The number of halogens is 3. The molecule has 2 heterocycles. The third-order valence-electron chi connectivity index (χ3n) is 5.88. The van der Waals surface area contributed by atoms with E-state index in [0.717, 1.165) is 33.9 Å². The van der Waals surface area contributed by atoms with Crippen molar-refractivity contribution in [2.45, 2.75) is 18.0 Å². The van der Waals surface area contributed by atoms with Gasteiger partial charge < -0.3 is 0 Å². The number of pyridine rings is 1. The summed E-state index contributed by atoms with van der Waals surface area (Å²) in [6, 6.07) is 20.3. The van der Waals surface area contributed by atoms with E-state index in [9.17, 15) is 26.4 Å². The molecular weight excluding hydrogens is 493 g/mol. The van der Waals surface area contributed by atoms with E-state index in [2.05, 4.69) is 4.98 Å². The Morgan fingerprint density at radius 1 is 0.889 bits per heavy atom. The summed E-state index contributed by atoms with van der Waals surface area (Å²) in [6.07, 6.45) is -4.45. The van der Waals surface area contributed by atoms with Crippen LogP contribution in [0, 0.1) is 6.92 Å². The highest BCUT2D eigenvalue weighted by Gasteiger charge is 2.31. The first kappa shape index (κ1) is 23.7. The Morgan fingerprint density at radius 2 is 1.53 bits per heavy atom. The van der Waals surface area contributed by atoms with Crippen molar-refractivity contribution >= 4 is 48.3 Å². The molecule has 0 saturated carbocycles. The van der Waals surface area contributed by atoms with Gasteiger partial charge in [0, 0.05) is 16.2 Å². The van der Waals surface area contributed by atoms with Crippen LogP contribution in [0.4, 0.5) is 13.2 Å². The molecule has 0 saturated heterocycles. The fourth-order valence-electron chi connectivity index (χ4n) is 4.18. The third-order valence-corrected chi connectivity index (χ3v) is 6.75. The van der Waals surface area contributed by atoms with E-state index in [-0.39, 0.29) is 16.0 Å². The van der Waals surface area contributed by atoms with Crippen LogP contribution in [-0.2, 0) is 16.3 Å². The Balaban J connectivity index is 0.000000205. The van der Waals surface area contributed by atoms with Gasteiger partial charge in [0.1, 0.15) is 5.65 Å². The average molecular weight is 510 g/mol. The fourth-order valence-corrected chi connectivity index (χ4v) is 4.66. The number of hydrogen-bond acceptors (Lipinski definition) is 4. The monoisotopic (exact) mass is 510 g/mol. The van der Waals surface area contributed by atoms with Crippen LogP contribution in [0.15, 0.2) is 88.6 Å². The maximum Gasteiger partial charge on any atom is 0.416 e. The molecule has 0 fully saturated rings. The summed E-state index contributed by atoms with van der Waals surface area (Å²) in [5.41, 5.74) is 0.809. The second-order valence-corrected chi connectivity index (χ2v) is 9.70. The summed E-state index contributed by atoms with van der Waals surface area (Å²) in [5.74, 6) is 0. The van der Waals surface area contributed by atoms with Gasteiger partial charge >= 0.3 is 6.18 Å². The second kappa shape index (κ2) is 8.28. The zero-order chi connectivity index (χ0) is 25.8. The van der Waals surface area contributed by atoms with Crippen molar-refractivity contribution in [3.05, 3.63) is 100 Å². The summed E-state index contributed by atoms with van der Waals surface area (Å²) in [6.45, 7) is 1.84. The van der Waals surface area contributed by atoms with Gasteiger partial charge in [-0.05, 0) is 48.7 Å². The average Bonchev–Trinajstić information content (AvgIpc) is 3.21. The second-order valence-electron chi connectivity index (χ2n) is 8.27. The zero-order valence-corrected chi connectivity index (χ0v) is 19.4. The molecule has 0 spiro atoms. The van der Waals surface area contributed by atoms with Gasteiger partial charge in [0.2, 0.25) is 0 Å². The van der Waals surface area contributed by atoms with Crippen LogP contribution < -0.4 is 5.56 Å². The van der Waals surface area contributed by atoms with E-state index in [0.29, 0.717) is 16.6 Å². The van der Waals surface area contributed by atoms with Crippen LogP contribution in [0.5, 0.6) is 0 Å². The molecule has 0 atom stereocenters. The third kappa shape index (κ3) is 4.04. The minimum atomic E-state index is -4.45. The van der Waals surface area contributed by atoms with Crippen molar-refractivity contribution in [2.24, 2.45) is 0 Å². The Bertz CT molecular complexity index is 1930. The van der Waals surface area contributed by atoms with Crippen LogP contribution >= 0.6 is 0 Å². The topological polar surface area (TPSA) is 88.7 Å². The number of hydrogen-bond donors (Lipinski definition) is 1. The van der Waals surface area contributed by atoms with Gasteiger partial charge in [-0.1, -0.05) is 48.0 Å². The predicted octanol–water partition coefficient (Wildman–Crippen LogP) is 5.85. The Hall–Kier alpha value is -4.02. The molecule has 0 radical (unpaired) electrons. The van der Waals surface area contributed by atoms with Crippen LogP contribution in [0.2, 0.25) is 0 Å². The lowest BCUT2D eigenvalue weighted by Crippen LogP contribution is -2.13. The van der Waals surface area contributed by atoms with E-state index in [1.807, 2.05) is 31.2 Å². The van der Waals surface area contributed by atoms with Crippen molar-refractivity contribution in [1.29, 1.82) is 0 Å². The largest absolute Gasteiger partial charge is 0.416 e. The Labute approximate surface area is 202 Å². The Kier molecular flexibility index (Phi) is 5.46. The maximum atomic E-state index is 13.0. The fraction of sp³-hybridized carbons (Fsp3) is 0.0769. The van der Waals surface area contributed by atoms with Gasteiger partial charge in [-0.25, -0.2) is 4.98 Å². The summed E-state index contributed by atoms with van der Waals surface area (Å²) >= 11 is 0. The molecule has 36 heavy (non-hydrogen) atoms. The lowest BCUT2D eigenvalue weighted by Gasteiger charge is -2.07. The standard InChI is InChI=1S/C19H9F3N2O.C7H8O3S/c20-19(21,22)11-7-8-15-14(9-11)23-17-12-5-1-3-10-4-2-6-13(16(10)12)18(25)24(15)17;1-6-2-4-7(5-3-6)11(8,9)10/h1-9H;2-5H,1H3,(H,8,9,10). The van der Waals surface area contributed by atoms with Gasteiger partial charge in [0.05, 0.1) is 21.5 Å². The lowest BCUT2D eigenvalue weighted by atomic mass is 10.0. The van der Waals surface area contributed by atoms with Gasteiger partial charge in [-0.15, -0.1) is 0 Å². The number of aryl methyl sites for hydroxylation is 1. The van der Waals surface area contributed by atoms with Crippen molar-refractivity contribution < 1.29 is 26.1 Å². The van der Waals surface area contributed by atoms with Gasteiger partial charge in [0.25, 0.3) is 15.7 Å². The van der Waals surface area contributed by atoms with Crippen LogP contribution in [-0.4, -0.2) is 22.4 Å². The summed E-state index contributed by atoms with van der Waals surface area (Å²) < 4.78 is 69.9. The van der Waals surface area contributed by atoms with Crippen molar-refractivity contribution in [2.75, 3.05) is 0 Å². The number of benzene rings is 4. The molecule has 6 aromatic rings. The zero-order valence-electron chi connectivity index (χ0n) is 18.6. The van der Waals surface area contributed by atoms with Crippen LogP contribution in [0.3, 0.4) is 0 Å². The highest BCUT2D eigenvalue weighted by Crippen LogP contribution is 2.33. The number of fused-ring (bicyclic) bond motifs is 4. The number of imidazole rings is 1. The van der Waals surface area contributed by atoms with Gasteiger partial charge in [0.15, 0.2) is 0 Å². The summed E-state index contributed by atoms with van der Waals surface area (Å²) in [7, 11) is -4.02. The predicted molar refractivity (Wildman–Crippen MR) is 131 cm³/mol. The van der Waals surface area contributed by atoms with Crippen LogP contribution in [0.25, 0.3) is 38.2 Å². The van der Waals surface area contributed by atoms with E-state index in [4.69, 9.17) is 4.55 Å². The molecule has 2 aromatic heterocycles. The molecule has 6 nitrogen and oxygen atoms in total. The van der Waals surface area contributed by atoms with E-state index in [1.54, 1.807) is 24.3 Å². The summed E-state index contributed by atoms with van der Waals surface area (Å²) in [5, 5.41) is 2.96. The van der Waals surface area contributed by atoms with Crippen molar-refractivity contribution in [1.82, 2.24) is 9.38 Å². The molecule has 0 amide bonds. The van der Waals surface area contributed by atoms with E-state index in [1.165, 1.54) is 22.6 Å². The normalized spacial score (nSPS) is 12.4. The number of aromatic nitrogens is 2. The number of rotatable bonds is 1. The van der Waals surface area contributed by atoms with Crippen molar-refractivity contribution in [3.8, 4) is 0 Å². The minimum absolute atomic E-state index is 0.0666. The van der Waals surface area contributed by atoms with Gasteiger partial charge in [-0.3, -0.25) is 13.7 Å². The highest BCUT2D eigenvalue weighted by molar-refractivity contribution is 7.85. The van der Waals surface area contributed by atoms with E-state index < -0.39 is 21.9 Å². The van der Waals surface area contributed by atoms with Gasteiger partial charge in [-0.2, -0.15) is 21.6 Å². The Morgan fingerprint density at radius 3 is 2.14 bits per heavy atom. The van der Waals surface area contributed by atoms with E-state index >= 15 is 0 Å². The molecule has 1 N–H and O–H groups in total. The first-order valence-corrected chi connectivity index (χ1v) is 12.1. The maximum absolute atomic E-state index is 13.0. The number of nitrogens with zero attached hydrogens (tertiary/aromatic N) is 2.